The number of hydrogen-bond acceptors (Lipinski definition) is 2. The number of rotatable bonds is 3. The van der Waals surface area contributed by atoms with Gasteiger partial charge in [-0.05, 0) is 42.5 Å². The van der Waals surface area contributed by atoms with Crippen LogP contribution in [-0.2, 0) is 4.79 Å². The van der Waals surface area contributed by atoms with Gasteiger partial charge in [0.15, 0.2) is 0 Å². The second-order valence-corrected chi connectivity index (χ2v) is 5.66. The predicted molar refractivity (Wildman–Crippen MR) is 71.6 cm³/mol. The lowest BCUT2D eigenvalue weighted by molar-refractivity contribution is -0.122. The van der Waals surface area contributed by atoms with E-state index in [1.807, 2.05) is 0 Å². The first-order valence-corrected chi connectivity index (χ1v) is 6.39. The third kappa shape index (κ3) is 2.61. The number of aldehydes is 1. The van der Waals surface area contributed by atoms with Crippen LogP contribution in [0.1, 0.15) is 43.5 Å². The average Bonchev–Trinajstić information content (AvgIpc) is 2.70. The van der Waals surface area contributed by atoms with E-state index in [-0.39, 0.29) is 17.2 Å². The van der Waals surface area contributed by atoms with Gasteiger partial charge in [0.1, 0.15) is 6.29 Å². The monoisotopic (exact) mass is 245 g/mol. The van der Waals surface area contributed by atoms with Crippen molar-refractivity contribution in [2.75, 3.05) is 5.32 Å². The summed E-state index contributed by atoms with van der Waals surface area (Å²) in [4.78, 5) is 22.8. The topological polar surface area (TPSA) is 46.2 Å². The van der Waals surface area contributed by atoms with E-state index < -0.39 is 0 Å². The summed E-state index contributed by atoms with van der Waals surface area (Å²) in [6.07, 6.45) is 3.99. The molecule has 0 saturated heterocycles. The van der Waals surface area contributed by atoms with Gasteiger partial charge in [-0.2, -0.15) is 0 Å². The smallest absolute Gasteiger partial charge is 0.228 e. The van der Waals surface area contributed by atoms with Crippen LogP contribution in [0.25, 0.3) is 0 Å². The van der Waals surface area contributed by atoms with Gasteiger partial charge in [-0.25, -0.2) is 0 Å². The Hall–Kier alpha value is -1.64. The molecule has 1 aromatic rings. The molecule has 0 heterocycles. The van der Waals surface area contributed by atoms with Crippen LogP contribution in [0, 0.1) is 11.3 Å². The Bertz CT molecular complexity index is 448. The lowest BCUT2D eigenvalue weighted by Gasteiger charge is -2.25. The number of amides is 1. The molecule has 1 unspecified atom stereocenters. The van der Waals surface area contributed by atoms with Gasteiger partial charge in [0.25, 0.3) is 0 Å². The molecule has 3 nitrogen and oxygen atoms in total. The number of nitrogens with one attached hydrogen (secondary N) is 1. The van der Waals surface area contributed by atoms with E-state index in [0.717, 1.165) is 31.2 Å². The SMILES string of the molecule is CC1(C)CCCC1C(=O)Nc1ccc(C=O)cc1. The van der Waals surface area contributed by atoms with Crippen LogP contribution in [0.2, 0.25) is 0 Å². The molecular formula is C15H19NO2. The van der Waals surface area contributed by atoms with E-state index in [1.54, 1.807) is 24.3 Å². The van der Waals surface area contributed by atoms with Crippen molar-refractivity contribution in [3.05, 3.63) is 29.8 Å². The highest BCUT2D eigenvalue weighted by Crippen LogP contribution is 2.42. The molecule has 0 spiro atoms. The summed E-state index contributed by atoms with van der Waals surface area (Å²) in [6, 6.07) is 6.96. The van der Waals surface area contributed by atoms with Gasteiger partial charge < -0.3 is 5.32 Å². The lowest BCUT2D eigenvalue weighted by Crippen LogP contribution is -2.30. The van der Waals surface area contributed by atoms with Crippen molar-refractivity contribution in [3.8, 4) is 0 Å². The quantitative estimate of drug-likeness (QED) is 0.831. The molecule has 0 bridgehead atoms. The molecule has 1 aromatic carbocycles. The van der Waals surface area contributed by atoms with E-state index in [2.05, 4.69) is 19.2 Å². The second-order valence-electron chi connectivity index (χ2n) is 5.66. The molecule has 0 aliphatic heterocycles. The Kier molecular flexibility index (Phi) is 3.50. The van der Waals surface area contributed by atoms with E-state index in [4.69, 9.17) is 0 Å². The van der Waals surface area contributed by atoms with Crippen molar-refractivity contribution in [2.45, 2.75) is 33.1 Å². The summed E-state index contributed by atoms with van der Waals surface area (Å²) in [5.74, 6) is 0.180. The molecule has 1 amide bonds. The predicted octanol–water partition coefficient (Wildman–Crippen LogP) is 3.26. The highest BCUT2D eigenvalue weighted by Gasteiger charge is 2.39. The van der Waals surface area contributed by atoms with Crippen LogP contribution in [0.15, 0.2) is 24.3 Å². The molecule has 1 aliphatic rings. The minimum Gasteiger partial charge on any atom is -0.326 e. The molecule has 1 saturated carbocycles. The van der Waals surface area contributed by atoms with Crippen LogP contribution in [0.3, 0.4) is 0 Å². The second kappa shape index (κ2) is 4.92. The van der Waals surface area contributed by atoms with Gasteiger partial charge in [0, 0.05) is 17.2 Å². The molecule has 1 atom stereocenters. The zero-order valence-electron chi connectivity index (χ0n) is 10.9. The number of anilines is 1. The van der Waals surface area contributed by atoms with E-state index >= 15 is 0 Å². The fourth-order valence-corrected chi connectivity index (χ4v) is 2.69. The van der Waals surface area contributed by atoms with Crippen molar-refractivity contribution < 1.29 is 9.59 Å². The minimum atomic E-state index is 0.0863. The molecule has 1 aliphatic carbocycles. The first-order valence-electron chi connectivity index (χ1n) is 6.39. The normalized spacial score (nSPS) is 21.6. The minimum absolute atomic E-state index is 0.0863. The summed E-state index contributed by atoms with van der Waals surface area (Å²) in [7, 11) is 0. The molecule has 18 heavy (non-hydrogen) atoms. The summed E-state index contributed by atoms with van der Waals surface area (Å²) in [5.41, 5.74) is 1.47. The Balaban J connectivity index is 2.04. The van der Waals surface area contributed by atoms with Gasteiger partial charge in [0.05, 0.1) is 0 Å². The third-order valence-electron chi connectivity index (χ3n) is 3.89. The Morgan fingerprint density at radius 3 is 2.50 bits per heavy atom. The fourth-order valence-electron chi connectivity index (χ4n) is 2.69. The molecular weight excluding hydrogens is 226 g/mol. The van der Waals surface area contributed by atoms with Crippen molar-refractivity contribution in [1.29, 1.82) is 0 Å². The molecule has 0 aromatic heterocycles. The Morgan fingerprint density at radius 1 is 1.33 bits per heavy atom. The lowest BCUT2D eigenvalue weighted by atomic mass is 9.81. The fraction of sp³-hybridized carbons (Fsp3) is 0.467. The number of carbonyl (C=O) groups excluding carboxylic acids is 2. The standard InChI is InChI=1S/C15H19NO2/c1-15(2)9-3-4-13(15)14(18)16-12-7-5-11(10-17)6-8-12/h5-8,10,13H,3-4,9H2,1-2H3,(H,16,18). The maximum absolute atomic E-state index is 12.2. The first-order chi connectivity index (χ1) is 8.53. The zero-order valence-corrected chi connectivity index (χ0v) is 10.9. The van der Waals surface area contributed by atoms with Crippen LogP contribution in [-0.4, -0.2) is 12.2 Å². The van der Waals surface area contributed by atoms with E-state index in [0.29, 0.717) is 5.56 Å². The highest BCUT2D eigenvalue weighted by molar-refractivity contribution is 5.93. The van der Waals surface area contributed by atoms with Crippen molar-refractivity contribution in [2.24, 2.45) is 11.3 Å². The van der Waals surface area contributed by atoms with Crippen LogP contribution in [0.4, 0.5) is 5.69 Å². The Labute approximate surface area is 108 Å². The largest absolute Gasteiger partial charge is 0.326 e. The van der Waals surface area contributed by atoms with E-state index in [9.17, 15) is 9.59 Å². The molecule has 1 fully saturated rings. The average molecular weight is 245 g/mol. The summed E-state index contributed by atoms with van der Waals surface area (Å²) >= 11 is 0. The van der Waals surface area contributed by atoms with Gasteiger partial charge in [0.2, 0.25) is 5.91 Å². The third-order valence-corrected chi connectivity index (χ3v) is 3.89. The molecule has 0 radical (unpaired) electrons. The zero-order chi connectivity index (χ0) is 13.2. The maximum Gasteiger partial charge on any atom is 0.228 e. The highest BCUT2D eigenvalue weighted by atomic mass is 16.2. The van der Waals surface area contributed by atoms with Crippen LogP contribution in [0.5, 0.6) is 0 Å². The summed E-state index contributed by atoms with van der Waals surface area (Å²) in [5, 5.41) is 2.94. The Morgan fingerprint density at radius 2 is 2.00 bits per heavy atom. The van der Waals surface area contributed by atoms with Gasteiger partial charge in [-0.1, -0.05) is 20.3 Å². The summed E-state index contributed by atoms with van der Waals surface area (Å²) in [6.45, 7) is 4.31. The first kappa shape index (κ1) is 12.8. The molecule has 2 rings (SSSR count). The van der Waals surface area contributed by atoms with Crippen LogP contribution < -0.4 is 5.32 Å². The molecule has 96 valence electrons. The van der Waals surface area contributed by atoms with E-state index in [1.165, 1.54) is 0 Å². The number of hydrogen-bond donors (Lipinski definition) is 1. The van der Waals surface area contributed by atoms with Crippen molar-refractivity contribution >= 4 is 17.9 Å². The maximum atomic E-state index is 12.2. The van der Waals surface area contributed by atoms with Crippen molar-refractivity contribution in [1.82, 2.24) is 0 Å². The van der Waals surface area contributed by atoms with Gasteiger partial charge in [-0.15, -0.1) is 0 Å². The molecule has 1 N–H and O–H groups in total. The number of carbonyl (C=O) groups is 2. The van der Waals surface area contributed by atoms with Gasteiger partial charge in [-0.3, -0.25) is 9.59 Å². The number of benzene rings is 1. The van der Waals surface area contributed by atoms with Crippen LogP contribution >= 0.6 is 0 Å². The summed E-state index contributed by atoms with van der Waals surface area (Å²) < 4.78 is 0. The van der Waals surface area contributed by atoms with Crippen molar-refractivity contribution in [3.63, 3.8) is 0 Å². The van der Waals surface area contributed by atoms with Gasteiger partial charge >= 0.3 is 0 Å². The molecule has 3 heteroatoms.